The van der Waals surface area contributed by atoms with Gasteiger partial charge in [-0.1, -0.05) is 11.6 Å². The van der Waals surface area contributed by atoms with Gasteiger partial charge in [-0.2, -0.15) is 0 Å². The van der Waals surface area contributed by atoms with Gasteiger partial charge in [0.1, 0.15) is 0 Å². The lowest BCUT2D eigenvalue weighted by atomic mass is 9.97. The summed E-state index contributed by atoms with van der Waals surface area (Å²) in [7, 11) is 0. The monoisotopic (exact) mass is 307 g/mol. The second-order valence-corrected chi connectivity index (χ2v) is 6.38. The summed E-state index contributed by atoms with van der Waals surface area (Å²) in [6.45, 7) is 3.96. The quantitative estimate of drug-likeness (QED) is 0.913. The third-order valence-corrected chi connectivity index (χ3v) is 4.56. The fourth-order valence-corrected chi connectivity index (χ4v) is 3.45. The molecule has 3 rings (SSSR count). The van der Waals surface area contributed by atoms with Crippen LogP contribution >= 0.6 is 11.6 Å². The van der Waals surface area contributed by atoms with Crippen LogP contribution in [0.25, 0.3) is 11.0 Å². The standard InChI is InChI=1S/C16H22ClN3O/c1-11-8-12(17)9-14-16(11)19-10-20(14)7-3-4-13-15(21)5-2-6-18-13/h8-10,13,15,18,21H,2-7H2,1H3/t13-,15+/m1/s1. The average Bonchev–Trinajstić information content (AvgIpc) is 2.84. The van der Waals surface area contributed by atoms with Crippen LogP contribution in [0.15, 0.2) is 18.5 Å². The Kier molecular flexibility index (Phi) is 4.48. The van der Waals surface area contributed by atoms with E-state index in [9.17, 15) is 5.11 Å². The Balaban J connectivity index is 1.65. The lowest BCUT2D eigenvalue weighted by Crippen LogP contribution is -2.44. The highest BCUT2D eigenvalue weighted by molar-refractivity contribution is 6.31. The molecule has 4 nitrogen and oxygen atoms in total. The first-order chi connectivity index (χ1) is 10.1. The molecule has 1 fully saturated rings. The van der Waals surface area contributed by atoms with E-state index in [0.29, 0.717) is 0 Å². The Labute approximate surface area is 130 Å². The number of nitrogens with zero attached hydrogens (tertiary/aromatic N) is 2. The summed E-state index contributed by atoms with van der Waals surface area (Å²) in [6, 6.07) is 4.16. The van der Waals surface area contributed by atoms with Gasteiger partial charge in [-0.25, -0.2) is 4.98 Å². The smallest absolute Gasteiger partial charge is 0.0958 e. The van der Waals surface area contributed by atoms with Crippen molar-refractivity contribution in [3.05, 3.63) is 29.0 Å². The summed E-state index contributed by atoms with van der Waals surface area (Å²) in [5.41, 5.74) is 3.23. The number of aliphatic hydroxyl groups is 1. The van der Waals surface area contributed by atoms with Crippen LogP contribution in [0.2, 0.25) is 5.02 Å². The van der Waals surface area contributed by atoms with E-state index in [1.165, 1.54) is 0 Å². The number of hydrogen-bond donors (Lipinski definition) is 2. The fraction of sp³-hybridized carbons (Fsp3) is 0.562. The van der Waals surface area contributed by atoms with Gasteiger partial charge >= 0.3 is 0 Å². The highest BCUT2D eigenvalue weighted by Gasteiger charge is 2.21. The van der Waals surface area contributed by atoms with Crippen molar-refractivity contribution < 1.29 is 5.11 Å². The van der Waals surface area contributed by atoms with Crippen LogP contribution in [0.5, 0.6) is 0 Å². The summed E-state index contributed by atoms with van der Waals surface area (Å²) in [6.07, 6.45) is 5.68. The van der Waals surface area contributed by atoms with Gasteiger partial charge in [-0.05, 0) is 56.8 Å². The third-order valence-electron chi connectivity index (χ3n) is 4.34. The molecule has 0 amide bonds. The highest BCUT2D eigenvalue weighted by atomic mass is 35.5. The first-order valence-electron chi connectivity index (χ1n) is 7.67. The number of hydrogen-bond acceptors (Lipinski definition) is 3. The predicted octanol–water partition coefficient (Wildman–Crippen LogP) is 2.89. The Morgan fingerprint density at radius 1 is 1.48 bits per heavy atom. The van der Waals surface area contributed by atoms with E-state index in [-0.39, 0.29) is 12.1 Å². The van der Waals surface area contributed by atoms with Crippen molar-refractivity contribution in [3.8, 4) is 0 Å². The fourth-order valence-electron chi connectivity index (χ4n) is 3.18. The van der Waals surface area contributed by atoms with E-state index < -0.39 is 0 Å². The molecule has 0 saturated carbocycles. The molecule has 2 aromatic rings. The summed E-state index contributed by atoms with van der Waals surface area (Å²) < 4.78 is 2.16. The number of halogens is 1. The number of rotatable bonds is 4. The minimum atomic E-state index is -0.199. The van der Waals surface area contributed by atoms with E-state index in [1.807, 2.05) is 25.4 Å². The van der Waals surface area contributed by atoms with Crippen molar-refractivity contribution in [2.24, 2.45) is 0 Å². The number of fused-ring (bicyclic) bond motifs is 1. The van der Waals surface area contributed by atoms with Crippen molar-refractivity contribution >= 4 is 22.6 Å². The van der Waals surface area contributed by atoms with Crippen LogP contribution < -0.4 is 5.32 Å². The second-order valence-electron chi connectivity index (χ2n) is 5.94. The molecule has 21 heavy (non-hydrogen) atoms. The second kappa shape index (κ2) is 6.34. The number of nitrogens with one attached hydrogen (secondary N) is 1. The molecule has 114 valence electrons. The number of imidazole rings is 1. The predicted molar refractivity (Wildman–Crippen MR) is 85.7 cm³/mol. The number of aliphatic hydroxyl groups excluding tert-OH is 1. The van der Waals surface area contributed by atoms with Crippen molar-refractivity contribution in [1.82, 2.24) is 14.9 Å². The molecular formula is C16H22ClN3O. The van der Waals surface area contributed by atoms with Crippen molar-refractivity contribution in [2.75, 3.05) is 6.54 Å². The Hall–Kier alpha value is -1.10. The zero-order chi connectivity index (χ0) is 14.8. The maximum absolute atomic E-state index is 9.97. The van der Waals surface area contributed by atoms with Gasteiger partial charge in [0.25, 0.3) is 0 Å². The van der Waals surface area contributed by atoms with E-state index >= 15 is 0 Å². The SMILES string of the molecule is Cc1cc(Cl)cc2c1ncn2CCC[C@H]1NCCC[C@@H]1O. The summed E-state index contributed by atoms with van der Waals surface area (Å²) in [5, 5.41) is 14.1. The molecule has 0 aliphatic carbocycles. The molecule has 0 bridgehead atoms. The maximum atomic E-state index is 9.97. The summed E-state index contributed by atoms with van der Waals surface area (Å²) >= 11 is 6.14. The van der Waals surface area contributed by atoms with E-state index in [4.69, 9.17) is 11.6 Å². The first kappa shape index (κ1) is 14.8. The Morgan fingerprint density at radius 3 is 3.14 bits per heavy atom. The van der Waals surface area contributed by atoms with E-state index in [1.54, 1.807) is 0 Å². The van der Waals surface area contributed by atoms with Gasteiger partial charge in [-0.15, -0.1) is 0 Å². The number of aromatic nitrogens is 2. The summed E-state index contributed by atoms with van der Waals surface area (Å²) in [4.78, 5) is 4.48. The number of benzene rings is 1. The number of aryl methyl sites for hydroxylation is 2. The lowest BCUT2D eigenvalue weighted by Gasteiger charge is -2.29. The topological polar surface area (TPSA) is 50.1 Å². The zero-order valence-corrected chi connectivity index (χ0v) is 13.1. The van der Waals surface area contributed by atoms with Crippen LogP contribution in [0.4, 0.5) is 0 Å². The molecule has 1 aromatic heterocycles. The molecule has 0 unspecified atom stereocenters. The Bertz CT molecular complexity index is 625. The molecule has 2 N–H and O–H groups in total. The lowest BCUT2D eigenvalue weighted by molar-refractivity contribution is 0.0909. The maximum Gasteiger partial charge on any atom is 0.0958 e. The molecule has 0 spiro atoms. The van der Waals surface area contributed by atoms with Crippen LogP contribution in [-0.4, -0.2) is 33.3 Å². The van der Waals surface area contributed by atoms with Gasteiger partial charge in [0.2, 0.25) is 0 Å². The van der Waals surface area contributed by atoms with Crippen LogP contribution in [-0.2, 0) is 6.54 Å². The van der Waals surface area contributed by atoms with Crippen LogP contribution in [0.1, 0.15) is 31.2 Å². The number of piperidine rings is 1. The molecule has 1 aromatic carbocycles. The van der Waals surface area contributed by atoms with Crippen molar-refractivity contribution in [3.63, 3.8) is 0 Å². The molecule has 1 aliphatic rings. The molecule has 1 saturated heterocycles. The molecule has 2 heterocycles. The molecule has 5 heteroatoms. The van der Waals surface area contributed by atoms with E-state index in [0.717, 1.165) is 60.4 Å². The van der Waals surface area contributed by atoms with Crippen molar-refractivity contribution in [1.29, 1.82) is 0 Å². The molecule has 1 aliphatic heterocycles. The van der Waals surface area contributed by atoms with Gasteiger partial charge in [0.15, 0.2) is 0 Å². The van der Waals surface area contributed by atoms with Crippen molar-refractivity contribution in [2.45, 2.75) is 51.3 Å². The molecular weight excluding hydrogens is 286 g/mol. The molecule has 0 radical (unpaired) electrons. The van der Waals surface area contributed by atoms with Gasteiger partial charge < -0.3 is 15.0 Å². The first-order valence-corrected chi connectivity index (χ1v) is 8.05. The third kappa shape index (κ3) is 3.23. The minimum Gasteiger partial charge on any atom is -0.392 e. The van der Waals surface area contributed by atoms with Crippen LogP contribution in [0.3, 0.4) is 0 Å². The average molecular weight is 308 g/mol. The highest BCUT2D eigenvalue weighted by Crippen LogP contribution is 2.23. The minimum absolute atomic E-state index is 0.199. The normalized spacial score (nSPS) is 22.8. The van der Waals surface area contributed by atoms with Gasteiger partial charge in [0.05, 0.1) is 23.5 Å². The van der Waals surface area contributed by atoms with Gasteiger partial charge in [0, 0.05) is 17.6 Å². The van der Waals surface area contributed by atoms with Crippen LogP contribution in [0, 0.1) is 6.92 Å². The summed E-state index contributed by atoms with van der Waals surface area (Å²) in [5.74, 6) is 0. The largest absolute Gasteiger partial charge is 0.392 e. The zero-order valence-electron chi connectivity index (χ0n) is 12.3. The molecule has 2 atom stereocenters. The van der Waals surface area contributed by atoms with Gasteiger partial charge in [-0.3, -0.25) is 0 Å². The van der Waals surface area contributed by atoms with E-state index in [2.05, 4.69) is 14.9 Å². The Morgan fingerprint density at radius 2 is 2.33 bits per heavy atom.